The number of carbonyl (C=O) groups excluding carboxylic acids is 2. The van der Waals surface area contributed by atoms with E-state index in [-0.39, 0.29) is 24.1 Å². The second-order valence-electron chi connectivity index (χ2n) is 6.61. The summed E-state index contributed by atoms with van der Waals surface area (Å²) < 4.78 is 1.86. The Balaban J connectivity index is 1.58. The molecule has 10 heteroatoms. The minimum absolute atomic E-state index is 0.126. The average Bonchev–Trinajstić information content (AvgIpc) is 3.16. The fraction of sp³-hybridized carbons (Fsp3) is 0.238. The highest BCUT2D eigenvalue weighted by molar-refractivity contribution is 7.99. The molecule has 31 heavy (non-hydrogen) atoms. The Morgan fingerprint density at radius 3 is 2.58 bits per heavy atom. The van der Waals surface area contributed by atoms with Gasteiger partial charge in [-0.15, -0.1) is 10.2 Å². The van der Waals surface area contributed by atoms with E-state index in [0.29, 0.717) is 33.1 Å². The third kappa shape index (κ3) is 6.00. The van der Waals surface area contributed by atoms with E-state index >= 15 is 0 Å². The summed E-state index contributed by atoms with van der Waals surface area (Å²) in [5.74, 6) is 0.371. The maximum atomic E-state index is 12.4. The largest absolute Gasteiger partial charge is 0.345 e. The fourth-order valence-electron chi connectivity index (χ4n) is 2.80. The first-order chi connectivity index (χ1) is 14.9. The van der Waals surface area contributed by atoms with Gasteiger partial charge in [0.2, 0.25) is 5.91 Å². The van der Waals surface area contributed by atoms with Gasteiger partial charge in [0.05, 0.1) is 22.3 Å². The lowest BCUT2D eigenvalue weighted by molar-refractivity contribution is -0.113. The number of para-hydroxylation sites is 1. The number of halogens is 2. The molecule has 0 aliphatic heterocycles. The first-order valence-electron chi connectivity index (χ1n) is 9.52. The standard InChI is InChI=1S/C21H21Cl2N5O2S/c1-3-28-18(11-24-20(30)14-8-9-15(22)16(23)10-14)26-27-21(28)31-12-19(29)25-17-7-5-4-6-13(17)2/h4-10H,3,11-12H2,1-2H3,(H,24,30)(H,25,29). The molecule has 0 saturated carbocycles. The highest BCUT2D eigenvalue weighted by Gasteiger charge is 2.15. The van der Waals surface area contributed by atoms with E-state index in [9.17, 15) is 9.59 Å². The Kier molecular flexibility index (Phi) is 7.95. The Morgan fingerprint density at radius 2 is 1.87 bits per heavy atom. The van der Waals surface area contributed by atoms with Crippen molar-refractivity contribution in [1.29, 1.82) is 0 Å². The van der Waals surface area contributed by atoms with E-state index in [1.165, 1.54) is 17.8 Å². The van der Waals surface area contributed by atoms with Gasteiger partial charge in [-0.2, -0.15) is 0 Å². The lowest BCUT2D eigenvalue weighted by Gasteiger charge is -2.10. The van der Waals surface area contributed by atoms with Gasteiger partial charge in [-0.05, 0) is 43.7 Å². The van der Waals surface area contributed by atoms with Gasteiger partial charge in [0.15, 0.2) is 11.0 Å². The van der Waals surface area contributed by atoms with Crippen LogP contribution in [0.2, 0.25) is 10.0 Å². The minimum Gasteiger partial charge on any atom is -0.345 e. The van der Waals surface area contributed by atoms with Crippen LogP contribution in [0.1, 0.15) is 28.7 Å². The lowest BCUT2D eigenvalue weighted by Crippen LogP contribution is -2.24. The number of aromatic nitrogens is 3. The second kappa shape index (κ2) is 10.7. The summed E-state index contributed by atoms with van der Waals surface area (Å²) in [6, 6.07) is 12.3. The quantitative estimate of drug-likeness (QED) is 0.463. The molecule has 2 N–H and O–H groups in total. The van der Waals surface area contributed by atoms with Crippen LogP contribution < -0.4 is 10.6 Å². The monoisotopic (exact) mass is 477 g/mol. The predicted octanol–water partition coefficient (Wildman–Crippen LogP) is 4.57. The third-order valence-corrected chi connectivity index (χ3v) is 6.16. The van der Waals surface area contributed by atoms with E-state index in [2.05, 4.69) is 20.8 Å². The molecule has 0 radical (unpaired) electrons. The number of nitrogens with one attached hydrogen (secondary N) is 2. The van der Waals surface area contributed by atoms with Gasteiger partial charge < -0.3 is 15.2 Å². The first-order valence-corrected chi connectivity index (χ1v) is 11.3. The van der Waals surface area contributed by atoms with Gasteiger partial charge in [0.1, 0.15) is 0 Å². The number of nitrogens with zero attached hydrogens (tertiary/aromatic N) is 3. The van der Waals surface area contributed by atoms with Crippen molar-refractivity contribution in [3.8, 4) is 0 Å². The van der Waals surface area contributed by atoms with Crippen LogP contribution in [0.5, 0.6) is 0 Å². The Bertz CT molecular complexity index is 1100. The number of amides is 2. The molecule has 0 bridgehead atoms. The second-order valence-corrected chi connectivity index (χ2v) is 8.36. The molecule has 1 aromatic heterocycles. The zero-order chi connectivity index (χ0) is 22.4. The van der Waals surface area contributed by atoms with Crippen molar-refractivity contribution < 1.29 is 9.59 Å². The van der Waals surface area contributed by atoms with Crippen molar-refractivity contribution in [3.63, 3.8) is 0 Å². The van der Waals surface area contributed by atoms with Crippen molar-refractivity contribution in [1.82, 2.24) is 20.1 Å². The van der Waals surface area contributed by atoms with Gasteiger partial charge in [-0.1, -0.05) is 53.2 Å². The van der Waals surface area contributed by atoms with E-state index in [4.69, 9.17) is 23.2 Å². The summed E-state index contributed by atoms with van der Waals surface area (Å²) in [5, 5.41) is 15.3. The molecule has 0 saturated heterocycles. The average molecular weight is 478 g/mol. The number of rotatable bonds is 8. The van der Waals surface area contributed by atoms with Gasteiger partial charge in [-0.3, -0.25) is 9.59 Å². The topological polar surface area (TPSA) is 88.9 Å². The molecule has 0 aliphatic rings. The van der Waals surface area contributed by atoms with E-state index in [1.807, 2.05) is 42.7 Å². The molecule has 0 spiro atoms. The molecular weight excluding hydrogens is 457 g/mol. The number of carbonyl (C=O) groups is 2. The van der Waals surface area contributed by atoms with Crippen LogP contribution in [-0.4, -0.2) is 32.3 Å². The van der Waals surface area contributed by atoms with Gasteiger partial charge in [0.25, 0.3) is 5.91 Å². The third-order valence-electron chi connectivity index (χ3n) is 4.45. The van der Waals surface area contributed by atoms with Gasteiger partial charge in [-0.25, -0.2) is 0 Å². The molecule has 3 rings (SSSR count). The molecule has 0 aliphatic carbocycles. The smallest absolute Gasteiger partial charge is 0.251 e. The molecule has 2 aromatic carbocycles. The molecule has 0 fully saturated rings. The number of hydrogen-bond donors (Lipinski definition) is 2. The van der Waals surface area contributed by atoms with E-state index < -0.39 is 0 Å². The molecule has 7 nitrogen and oxygen atoms in total. The number of thioether (sulfide) groups is 1. The normalized spacial score (nSPS) is 10.7. The zero-order valence-electron chi connectivity index (χ0n) is 17.0. The minimum atomic E-state index is -0.295. The number of hydrogen-bond acceptors (Lipinski definition) is 5. The summed E-state index contributed by atoms with van der Waals surface area (Å²) in [4.78, 5) is 24.7. The van der Waals surface area contributed by atoms with Crippen LogP contribution in [0.4, 0.5) is 5.69 Å². The molecule has 162 valence electrons. The number of aryl methyl sites for hydroxylation is 1. The molecule has 0 unspecified atom stereocenters. The SMILES string of the molecule is CCn1c(CNC(=O)c2ccc(Cl)c(Cl)c2)nnc1SCC(=O)Nc1ccccc1C. The van der Waals surface area contributed by atoms with Crippen molar-refractivity contribution in [3.05, 3.63) is 69.5 Å². The fourth-order valence-corrected chi connectivity index (χ4v) is 3.92. The summed E-state index contributed by atoms with van der Waals surface area (Å²) in [6.45, 7) is 4.68. The van der Waals surface area contributed by atoms with Crippen LogP contribution in [-0.2, 0) is 17.9 Å². The lowest BCUT2D eigenvalue weighted by atomic mass is 10.2. The molecular formula is C21H21Cl2N5O2S. The van der Waals surface area contributed by atoms with Crippen molar-refractivity contribution >= 4 is 52.5 Å². The molecule has 2 amide bonds. The Labute approximate surface area is 194 Å². The predicted molar refractivity (Wildman–Crippen MR) is 124 cm³/mol. The molecule has 0 atom stereocenters. The zero-order valence-corrected chi connectivity index (χ0v) is 19.3. The van der Waals surface area contributed by atoms with E-state index in [0.717, 1.165) is 11.3 Å². The van der Waals surface area contributed by atoms with Gasteiger partial charge >= 0.3 is 0 Å². The molecule has 3 aromatic rings. The Hall–Kier alpha value is -2.55. The summed E-state index contributed by atoms with van der Waals surface area (Å²) in [6.07, 6.45) is 0. The van der Waals surface area contributed by atoms with Crippen LogP contribution in [0.25, 0.3) is 0 Å². The first kappa shape index (κ1) is 23.1. The highest BCUT2D eigenvalue weighted by Crippen LogP contribution is 2.23. The Morgan fingerprint density at radius 1 is 1.10 bits per heavy atom. The highest BCUT2D eigenvalue weighted by atomic mass is 35.5. The van der Waals surface area contributed by atoms with Crippen LogP contribution in [0.15, 0.2) is 47.6 Å². The van der Waals surface area contributed by atoms with Crippen molar-refractivity contribution in [2.45, 2.75) is 32.1 Å². The van der Waals surface area contributed by atoms with E-state index in [1.54, 1.807) is 12.1 Å². The molecule has 1 heterocycles. The maximum Gasteiger partial charge on any atom is 0.251 e. The van der Waals surface area contributed by atoms with Crippen LogP contribution in [0, 0.1) is 6.92 Å². The van der Waals surface area contributed by atoms with Crippen molar-refractivity contribution in [2.75, 3.05) is 11.1 Å². The summed E-state index contributed by atoms with van der Waals surface area (Å²) >= 11 is 13.2. The summed E-state index contributed by atoms with van der Waals surface area (Å²) in [7, 11) is 0. The number of anilines is 1. The number of benzene rings is 2. The van der Waals surface area contributed by atoms with Gasteiger partial charge in [0, 0.05) is 17.8 Å². The van der Waals surface area contributed by atoms with Crippen LogP contribution in [0.3, 0.4) is 0 Å². The van der Waals surface area contributed by atoms with Crippen molar-refractivity contribution in [2.24, 2.45) is 0 Å². The van der Waals surface area contributed by atoms with Crippen LogP contribution >= 0.6 is 35.0 Å². The summed E-state index contributed by atoms with van der Waals surface area (Å²) in [5.41, 5.74) is 2.19. The maximum absolute atomic E-state index is 12.4.